The van der Waals surface area contributed by atoms with Gasteiger partial charge in [0, 0.05) is 12.4 Å². The van der Waals surface area contributed by atoms with Crippen LogP contribution in [-0.4, -0.2) is 9.97 Å². The van der Waals surface area contributed by atoms with Crippen LogP contribution in [0.25, 0.3) is 11.5 Å². The van der Waals surface area contributed by atoms with E-state index in [1.54, 1.807) is 24.7 Å². The zero-order valence-corrected chi connectivity index (χ0v) is 6.97. The predicted molar refractivity (Wildman–Crippen MR) is 47.1 cm³/mol. The number of nitrogens with zero attached hydrogens (tertiary/aromatic N) is 1. The third kappa shape index (κ3) is 1.16. The second kappa shape index (κ2) is 2.91. The van der Waals surface area contributed by atoms with E-state index >= 15 is 0 Å². The van der Waals surface area contributed by atoms with Gasteiger partial charge in [0.15, 0.2) is 5.76 Å². The Hall–Kier alpha value is -1.42. The van der Waals surface area contributed by atoms with E-state index in [-0.39, 0.29) is 0 Å². The molecule has 0 spiro atoms. The molecule has 0 aromatic carbocycles. The van der Waals surface area contributed by atoms with Gasteiger partial charge in [0.2, 0.25) is 0 Å². The summed E-state index contributed by atoms with van der Waals surface area (Å²) >= 11 is 5.02. The number of rotatable bonds is 1. The van der Waals surface area contributed by atoms with Gasteiger partial charge in [-0.2, -0.15) is 0 Å². The molecule has 2 aromatic heterocycles. The summed E-state index contributed by atoms with van der Waals surface area (Å²) in [7, 11) is 0. The topological polar surface area (TPSA) is 41.8 Å². The smallest absolute Gasteiger partial charge is 0.155 e. The fourth-order valence-electron chi connectivity index (χ4n) is 0.941. The van der Waals surface area contributed by atoms with Crippen LogP contribution in [0.2, 0.25) is 0 Å². The first-order valence-electron chi connectivity index (χ1n) is 3.45. The van der Waals surface area contributed by atoms with Gasteiger partial charge in [-0.05, 0) is 12.1 Å². The van der Waals surface area contributed by atoms with Crippen molar-refractivity contribution < 1.29 is 4.42 Å². The van der Waals surface area contributed by atoms with Gasteiger partial charge in [-0.25, -0.2) is 4.98 Å². The van der Waals surface area contributed by atoms with Gasteiger partial charge in [-0.1, -0.05) is 12.2 Å². The second-order valence-corrected chi connectivity index (χ2v) is 2.65. The first-order valence-corrected chi connectivity index (χ1v) is 3.86. The predicted octanol–water partition coefficient (Wildman–Crippen LogP) is 2.40. The highest BCUT2D eigenvalue weighted by molar-refractivity contribution is 7.71. The molecule has 0 fully saturated rings. The molecule has 0 saturated heterocycles. The van der Waals surface area contributed by atoms with E-state index in [2.05, 4.69) is 9.97 Å². The van der Waals surface area contributed by atoms with E-state index in [0.29, 0.717) is 16.1 Å². The highest BCUT2D eigenvalue weighted by atomic mass is 32.1. The molecule has 0 saturated carbocycles. The number of H-pyrrole nitrogens is 1. The molecule has 1 N–H and O–H groups in total. The molecule has 0 amide bonds. The largest absolute Gasteiger partial charge is 0.463 e. The van der Waals surface area contributed by atoms with Crippen molar-refractivity contribution in [3.63, 3.8) is 0 Å². The van der Waals surface area contributed by atoms with Crippen LogP contribution in [0.5, 0.6) is 0 Å². The van der Waals surface area contributed by atoms with E-state index in [1.165, 1.54) is 0 Å². The Morgan fingerprint density at radius 2 is 2.42 bits per heavy atom. The van der Waals surface area contributed by atoms with Crippen LogP contribution in [0.3, 0.4) is 0 Å². The minimum atomic E-state index is 0.590. The van der Waals surface area contributed by atoms with Crippen molar-refractivity contribution in [3.8, 4) is 11.5 Å². The fraction of sp³-hybridized carbons (Fsp3) is 0. The van der Waals surface area contributed by atoms with Gasteiger partial charge < -0.3 is 9.40 Å². The van der Waals surface area contributed by atoms with Gasteiger partial charge >= 0.3 is 0 Å². The summed E-state index contributed by atoms with van der Waals surface area (Å²) in [6.45, 7) is 0. The normalized spacial score (nSPS) is 10.0. The second-order valence-electron chi connectivity index (χ2n) is 2.24. The Kier molecular flexibility index (Phi) is 1.75. The Bertz CT molecular complexity index is 419. The first-order chi connectivity index (χ1) is 5.88. The maximum absolute atomic E-state index is 5.15. The quantitative estimate of drug-likeness (QED) is 0.682. The summed E-state index contributed by atoms with van der Waals surface area (Å²) < 4.78 is 5.74. The van der Waals surface area contributed by atoms with Crippen LogP contribution in [-0.2, 0) is 0 Å². The Labute approximate surface area is 74.1 Å². The molecule has 0 aliphatic carbocycles. The molecule has 0 bridgehead atoms. The fourth-order valence-corrected chi connectivity index (χ4v) is 1.16. The van der Waals surface area contributed by atoms with E-state index in [4.69, 9.17) is 16.6 Å². The molecule has 0 aliphatic rings. The molecular formula is C8H6N2OS. The average molecular weight is 178 g/mol. The lowest BCUT2D eigenvalue weighted by atomic mass is 10.3. The minimum Gasteiger partial charge on any atom is -0.463 e. The van der Waals surface area contributed by atoms with E-state index in [9.17, 15) is 0 Å². The number of aromatic amines is 1. The van der Waals surface area contributed by atoms with Crippen LogP contribution in [0, 0.1) is 4.64 Å². The zero-order chi connectivity index (χ0) is 8.39. The van der Waals surface area contributed by atoms with Crippen LogP contribution in [0.1, 0.15) is 0 Å². The van der Waals surface area contributed by atoms with Crippen molar-refractivity contribution in [3.05, 3.63) is 35.4 Å². The summed E-state index contributed by atoms with van der Waals surface area (Å²) in [6, 6.07) is 3.63. The summed E-state index contributed by atoms with van der Waals surface area (Å²) in [6.07, 6.45) is 4.93. The molecule has 0 atom stereocenters. The maximum Gasteiger partial charge on any atom is 0.155 e. The van der Waals surface area contributed by atoms with Crippen molar-refractivity contribution >= 4 is 12.2 Å². The molecule has 60 valence electrons. The van der Waals surface area contributed by atoms with Gasteiger partial charge in [-0.3, -0.25) is 0 Å². The van der Waals surface area contributed by atoms with Gasteiger partial charge in [-0.15, -0.1) is 0 Å². The van der Waals surface area contributed by atoms with Crippen LogP contribution >= 0.6 is 12.2 Å². The summed E-state index contributed by atoms with van der Waals surface area (Å²) in [4.78, 5) is 6.97. The van der Waals surface area contributed by atoms with E-state index in [0.717, 1.165) is 0 Å². The monoisotopic (exact) mass is 178 g/mol. The standard InChI is InChI=1S/C8H6N2OS/c12-8-7(9-3-4-10-8)6-2-1-5-11-6/h1-5H,(H,10,12). The number of hydrogen-bond acceptors (Lipinski definition) is 3. The SMILES string of the molecule is S=c1[nH]ccnc1-c1ccco1. The highest BCUT2D eigenvalue weighted by Crippen LogP contribution is 2.16. The van der Waals surface area contributed by atoms with Crippen molar-refractivity contribution in [2.24, 2.45) is 0 Å². The first kappa shape index (κ1) is 7.24. The third-order valence-electron chi connectivity index (χ3n) is 1.46. The molecule has 4 heteroatoms. The molecule has 2 rings (SSSR count). The molecule has 2 aromatic rings. The van der Waals surface area contributed by atoms with Crippen molar-refractivity contribution in [2.45, 2.75) is 0 Å². The number of hydrogen-bond donors (Lipinski definition) is 1. The van der Waals surface area contributed by atoms with Gasteiger partial charge in [0.1, 0.15) is 10.3 Å². The lowest BCUT2D eigenvalue weighted by Crippen LogP contribution is -1.83. The van der Waals surface area contributed by atoms with E-state index < -0.39 is 0 Å². The Balaban J connectivity index is 2.63. The van der Waals surface area contributed by atoms with E-state index in [1.807, 2.05) is 6.07 Å². The molecule has 0 aliphatic heterocycles. The third-order valence-corrected chi connectivity index (χ3v) is 1.77. The lowest BCUT2D eigenvalue weighted by Gasteiger charge is -1.93. The van der Waals surface area contributed by atoms with Crippen LogP contribution in [0.15, 0.2) is 35.2 Å². The molecular weight excluding hydrogens is 172 g/mol. The summed E-state index contributed by atoms with van der Waals surface area (Å²) in [5.41, 5.74) is 0.678. The zero-order valence-electron chi connectivity index (χ0n) is 6.15. The van der Waals surface area contributed by atoms with Gasteiger partial charge in [0.25, 0.3) is 0 Å². The Morgan fingerprint density at radius 1 is 1.50 bits per heavy atom. The van der Waals surface area contributed by atoms with Crippen molar-refractivity contribution in [1.29, 1.82) is 0 Å². The highest BCUT2D eigenvalue weighted by Gasteiger charge is 2.02. The van der Waals surface area contributed by atoms with Crippen LogP contribution in [0.4, 0.5) is 0 Å². The number of nitrogens with one attached hydrogen (secondary N) is 1. The van der Waals surface area contributed by atoms with Gasteiger partial charge in [0.05, 0.1) is 6.26 Å². The molecule has 3 nitrogen and oxygen atoms in total. The number of aromatic nitrogens is 2. The molecule has 0 radical (unpaired) electrons. The maximum atomic E-state index is 5.15. The van der Waals surface area contributed by atoms with Crippen molar-refractivity contribution in [1.82, 2.24) is 9.97 Å². The van der Waals surface area contributed by atoms with Crippen LogP contribution < -0.4 is 0 Å². The summed E-state index contributed by atoms with van der Waals surface area (Å²) in [5.74, 6) is 0.692. The lowest BCUT2D eigenvalue weighted by molar-refractivity contribution is 0.579. The molecule has 12 heavy (non-hydrogen) atoms. The summed E-state index contributed by atoms with van der Waals surface area (Å²) in [5, 5.41) is 0. The Morgan fingerprint density at radius 3 is 3.08 bits per heavy atom. The molecule has 2 heterocycles. The molecule has 0 unspecified atom stereocenters. The van der Waals surface area contributed by atoms with Crippen molar-refractivity contribution in [2.75, 3.05) is 0 Å². The minimum absolute atomic E-state index is 0.590. The number of furan rings is 1. The average Bonchev–Trinajstić information content (AvgIpc) is 2.57.